The van der Waals surface area contributed by atoms with Gasteiger partial charge in [0.15, 0.2) is 18.8 Å². The quantitative estimate of drug-likeness (QED) is 0.273. The Hall–Kier alpha value is -1.90. The van der Waals surface area contributed by atoms with Gasteiger partial charge in [0.05, 0.1) is 6.07 Å². The molecular weight excluding hydrogens is 304 g/mol. The molecule has 0 saturated heterocycles. The molecule has 0 spiro atoms. The van der Waals surface area contributed by atoms with Crippen molar-refractivity contribution in [3.8, 4) is 0 Å². The molecule has 2 atom stereocenters. The Morgan fingerprint density at radius 1 is 0.500 bits per heavy atom. The van der Waals surface area contributed by atoms with Crippen LogP contribution in [0.5, 0.6) is 0 Å². The zero-order valence-electron chi connectivity index (χ0n) is 12.6. The number of rotatable bonds is 0. The van der Waals surface area contributed by atoms with Crippen molar-refractivity contribution in [2.45, 2.75) is 0 Å². The Kier molecular flexibility index (Phi) is 2.47. The normalized spacial score (nSPS) is 13.7. The maximum Gasteiger partial charge on any atom is 0.187 e. The molecule has 0 aliphatic heterocycles. The van der Waals surface area contributed by atoms with Crippen LogP contribution in [0.2, 0.25) is 0 Å². The first-order valence-corrected chi connectivity index (χ1v) is 10.7. The van der Waals surface area contributed by atoms with Gasteiger partial charge in [-0.05, 0) is 51.3 Å². The van der Waals surface area contributed by atoms with Crippen LogP contribution in [0.1, 0.15) is 0 Å². The maximum atomic E-state index is 2.50. The summed E-state index contributed by atoms with van der Waals surface area (Å²) in [5, 5.41) is 5.78. The Labute approximate surface area is 134 Å². The molecule has 0 aliphatic carbocycles. The minimum Gasteiger partial charge on any atom is -0.0612 e. The van der Waals surface area contributed by atoms with Gasteiger partial charge in [-0.15, -0.1) is 0 Å². The van der Waals surface area contributed by atoms with Crippen LogP contribution in [0.25, 0.3) is 40.3 Å². The molecule has 0 amide bonds. The standard InChI is InChI=1S/C20H16S2/c1-21-17-9-5-3-7-13(17)15-11-16-14-8-4-6-10-18(14)22(2)20(16)12-19(15)21/h3-12H,1-2H3/q+2. The molecule has 2 heterocycles. The highest BCUT2D eigenvalue weighted by Gasteiger charge is 2.24. The Morgan fingerprint density at radius 3 is 1.45 bits per heavy atom. The van der Waals surface area contributed by atoms with Gasteiger partial charge < -0.3 is 0 Å². The number of hydrogen-bond acceptors (Lipinski definition) is 0. The summed E-state index contributed by atoms with van der Waals surface area (Å²) in [6.07, 6.45) is 4.74. The summed E-state index contributed by atoms with van der Waals surface area (Å²) in [6.45, 7) is 0. The van der Waals surface area contributed by atoms with Crippen molar-refractivity contribution in [3.63, 3.8) is 0 Å². The minimum atomic E-state index is 0.209. The van der Waals surface area contributed by atoms with Gasteiger partial charge in [0, 0.05) is 21.5 Å². The van der Waals surface area contributed by atoms with Gasteiger partial charge in [-0.1, -0.05) is 24.3 Å². The molecule has 2 aromatic heterocycles. The first-order chi connectivity index (χ1) is 10.8. The van der Waals surface area contributed by atoms with Crippen molar-refractivity contribution >= 4 is 61.3 Å². The fourth-order valence-electron chi connectivity index (χ4n) is 3.64. The molecule has 0 nitrogen and oxygen atoms in total. The predicted molar refractivity (Wildman–Crippen MR) is 103 cm³/mol. The average Bonchev–Trinajstić information content (AvgIpc) is 3.01. The molecule has 5 rings (SSSR count). The third kappa shape index (κ3) is 1.47. The summed E-state index contributed by atoms with van der Waals surface area (Å²) in [4.78, 5) is 0. The lowest BCUT2D eigenvalue weighted by molar-refractivity contribution is 1.86. The van der Waals surface area contributed by atoms with Gasteiger partial charge in [-0.25, -0.2) is 0 Å². The van der Waals surface area contributed by atoms with E-state index in [0.717, 1.165) is 0 Å². The van der Waals surface area contributed by atoms with Crippen LogP contribution < -0.4 is 0 Å². The first kappa shape index (κ1) is 12.6. The zero-order valence-corrected chi connectivity index (χ0v) is 14.2. The second-order valence-electron chi connectivity index (χ2n) is 5.86. The molecule has 0 N–H and O–H groups in total. The van der Waals surface area contributed by atoms with E-state index < -0.39 is 0 Å². The van der Waals surface area contributed by atoms with Gasteiger partial charge in [-0.3, -0.25) is 0 Å². The van der Waals surface area contributed by atoms with E-state index in [-0.39, 0.29) is 20.9 Å². The fraction of sp³-hybridized carbons (Fsp3) is 0.100. The van der Waals surface area contributed by atoms with Gasteiger partial charge in [-0.2, -0.15) is 0 Å². The molecule has 0 saturated carbocycles. The van der Waals surface area contributed by atoms with Crippen molar-refractivity contribution in [1.82, 2.24) is 0 Å². The second kappa shape index (κ2) is 4.31. The van der Waals surface area contributed by atoms with E-state index in [1.54, 1.807) is 0 Å². The van der Waals surface area contributed by atoms with Crippen LogP contribution in [0.3, 0.4) is 0 Å². The van der Waals surface area contributed by atoms with Gasteiger partial charge in [0.2, 0.25) is 0 Å². The van der Waals surface area contributed by atoms with Crippen molar-refractivity contribution in [1.29, 1.82) is 0 Å². The Bertz CT molecular complexity index is 1100. The van der Waals surface area contributed by atoms with E-state index in [0.29, 0.717) is 0 Å². The Balaban J connectivity index is 2.11. The topological polar surface area (TPSA) is 0 Å². The molecule has 3 aromatic carbocycles. The monoisotopic (exact) mass is 320 g/mol. The SMILES string of the molecule is C[s+]1c2ccccc2c2cc3c4ccccc4[s+](C)c3cc21. The number of thiophene rings is 2. The van der Waals surface area contributed by atoms with Crippen LogP contribution in [-0.2, 0) is 12.5 Å². The lowest BCUT2D eigenvalue weighted by Crippen LogP contribution is -1.68. The highest BCUT2D eigenvalue weighted by molar-refractivity contribution is 7.43. The summed E-state index contributed by atoms with van der Waals surface area (Å²) in [5.41, 5.74) is 0. The van der Waals surface area contributed by atoms with Crippen molar-refractivity contribution in [3.05, 3.63) is 60.7 Å². The van der Waals surface area contributed by atoms with Gasteiger partial charge in [0.1, 0.15) is 12.5 Å². The van der Waals surface area contributed by atoms with Gasteiger partial charge >= 0.3 is 0 Å². The van der Waals surface area contributed by atoms with Crippen LogP contribution in [0.15, 0.2) is 60.7 Å². The molecule has 2 heteroatoms. The van der Waals surface area contributed by atoms with Crippen LogP contribution in [-0.4, -0.2) is 0 Å². The zero-order chi connectivity index (χ0) is 14.8. The summed E-state index contributed by atoms with van der Waals surface area (Å²) in [6, 6.07) is 22.8. The molecule has 106 valence electrons. The van der Waals surface area contributed by atoms with E-state index in [2.05, 4.69) is 73.2 Å². The van der Waals surface area contributed by atoms with E-state index in [1.165, 1.54) is 40.3 Å². The highest BCUT2D eigenvalue weighted by Crippen LogP contribution is 2.47. The number of benzene rings is 3. The molecule has 2 unspecified atom stereocenters. The smallest absolute Gasteiger partial charge is 0.0612 e. The summed E-state index contributed by atoms with van der Waals surface area (Å²) < 4.78 is 6.08. The van der Waals surface area contributed by atoms with Crippen LogP contribution in [0.4, 0.5) is 0 Å². The molecule has 0 bridgehead atoms. The summed E-state index contributed by atoms with van der Waals surface area (Å²) in [7, 11) is 0.418. The maximum absolute atomic E-state index is 2.50. The second-order valence-corrected chi connectivity index (χ2v) is 9.66. The molecular formula is C20H16S2+2. The number of aryl methyl sites for hydroxylation is 2. The lowest BCUT2D eigenvalue weighted by atomic mass is 10.1. The summed E-state index contributed by atoms with van der Waals surface area (Å²) in [5.74, 6) is 0. The molecule has 0 radical (unpaired) electrons. The number of fused-ring (bicyclic) bond motifs is 6. The Morgan fingerprint density at radius 2 is 0.955 bits per heavy atom. The molecule has 5 aromatic rings. The van der Waals surface area contributed by atoms with Crippen molar-refractivity contribution < 1.29 is 0 Å². The number of hydrogen-bond donors (Lipinski definition) is 0. The van der Waals surface area contributed by atoms with E-state index in [1.807, 2.05) is 0 Å². The minimum absolute atomic E-state index is 0.209. The van der Waals surface area contributed by atoms with Crippen molar-refractivity contribution in [2.24, 2.45) is 12.5 Å². The largest absolute Gasteiger partial charge is 0.187 e. The molecule has 0 fully saturated rings. The third-order valence-corrected chi connectivity index (χ3v) is 8.78. The highest BCUT2D eigenvalue weighted by atomic mass is 32.2. The van der Waals surface area contributed by atoms with Gasteiger partial charge in [0.25, 0.3) is 0 Å². The van der Waals surface area contributed by atoms with E-state index >= 15 is 0 Å². The lowest BCUT2D eigenvalue weighted by Gasteiger charge is -1.89. The fourth-order valence-corrected chi connectivity index (χ4v) is 7.35. The van der Waals surface area contributed by atoms with Crippen molar-refractivity contribution in [2.75, 3.05) is 0 Å². The van der Waals surface area contributed by atoms with Crippen LogP contribution >= 0.6 is 20.9 Å². The predicted octanol–water partition coefficient (Wildman–Crippen LogP) is 6.87. The third-order valence-electron chi connectivity index (χ3n) is 4.76. The molecule has 0 aliphatic rings. The summed E-state index contributed by atoms with van der Waals surface area (Å²) >= 11 is 0. The average molecular weight is 320 g/mol. The van der Waals surface area contributed by atoms with E-state index in [9.17, 15) is 0 Å². The van der Waals surface area contributed by atoms with Crippen LogP contribution in [0, 0.1) is 0 Å². The molecule has 22 heavy (non-hydrogen) atoms. The van der Waals surface area contributed by atoms with E-state index in [4.69, 9.17) is 0 Å². The first-order valence-electron chi connectivity index (χ1n) is 7.44.